The number of nitrogens with one attached hydrogen (secondary N) is 1. The third-order valence-corrected chi connectivity index (χ3v) is 6.02. The number of benzene rings is 3. The summed E-state index contributed by atoms with van der Waals surface area (Å²) in [7, 11) is 0. The zero-order chi connectivity index (χ0) is 26.5. The van der Waals surface area contributed by atoms with E-state index in [2.05, 4.69) is 5.32 Å². The maximum absolute atomic E-state index is 12.8. The van der Waals surface area contributed by atoms with Crippen molar-refractivity contribution in [2.24, 2.45) is 5.92 Å². The first-order valence-corrected chi connectivity index (χ1v) is 11.4. The fourth-order valence-electron chi connectivity index (χ4n) is 3.95. The van der Waals surface area contributed by atoms with Crippen molar-refractivity contribution in [1.29, 1.82) is 0 Å². The molecule has 188 valence electrons. The minimum Gasteiger partial charge on any atom is -0.454 e. The van der Waals surface area contributed by atoms with Gasteiger partial charge in [-0.05, 0) is 37.3 Å². The highest BCUT2D eigenvalue weighted by Gasteiger charge is 2.35. The summed E-state index contributed by atoms with van der Waals surface area (Å²) < 4.78 is 5.08. The largest absolute Gasteiger partial charge is 0.454 e. The average molecular weight is 501 g/mol. The quantitative estimate of drug-likeness (QED) is 0.214. The third kappa shape index (κ3) is 5.87. The van der Waals surface area contributed by atoms with Crippen LogP contribution in [-0.2, 0) is 14.3 Å². The van der Waals surface area contributed by atoms with E-state index in [0.717, 1.165) is 0 Å². The number of nitrogens with zero attached hydrogens (tertiary/aromatic N) is 2. The van der Waals surface area contributed by atoms with Crippen LogP contribution >= 0.6 is 0 Å². The molecule has 3 aromatic carbocycles. The second-order valence-corrected chi connectivity index (χ2v) is 8.57. The van der Waals surface area contributed by atoms with E-state index in [-0.39, 0.29) is 41.8 Å². The van der Waals surface area contributed by atoms with Gasteiger partial charge in [0.2, 0.25) is 11.8 Å². The number of aryl methyl sites for hydroxylation is 1. The molecular weight excluding hydrogens is 478 g/mol. The van der Waals surface area contributed by atoms with Crippen molar-refractivity contribution in [2.45, 2.75) is 13.3 Å². The van der Waals surface area contributed by atoms with Gasteiger partial charge in [0.1, 0.15) is 0 Å². The molecule has 0 radical (unpaired) electrons. The molecule has 1 N–H and O–H groups in total. The molecule has 2 amide bonds. The molecule has 0 spiro atoms. The van der Waals surface area contributed by atoms with Crippen LogP contribution < -0.4 is 10.2 Å². The molecule has 0 unspecified atom stereocenters. The smallest absolute Gasteiger partial charge is 0.338 e. The number of hydrogen-bond acceptors (Lipinski definition) is 7. The van der Waals surface area contributed by atoms with Gasteiger partial charge < -0.3 is 15.0 Å². The van der Waals surface area contributed by atoms with Crippen LogP contribution in [-0.4, -0.2) is 41.6 Å². The minimum atomic E-state index is -0.675. The van der Waals surface area contributed by atoms with Gasteiger partial charge in [0.25, 0.3) is 5.69 Å². The molecule has 4 rings (SSSR count). The van der Waals surface area contributed by atoms with Crippen LogP contribution in [0.15, 0.2) is 72.8 Å². The Labute approximate surface area is 212 Å². The number of carbonyl (C=O) groups excluding carboxylic acids is 4. The van der Waals surface area contributed by atoms with Crippen LogP contribution in [0.2, 0.25) is 0 Å². The lowest BCUT2D eigenvalue weighted by molar-refractivity contribution is -0.385. The molecule has 1 heterocycles. The zero-order valence-electron chi connectivity index (χ0n) is 19.9. The summed E-state index contributed by atoms with van der Waals surface area (Å²) >= 11 is 0. The summed E-state index contributed by atoms with van der Waals surface area (Å²) in [5.74, 6) is -2.34. The Morgan fingerprint density at radius 2 is 1.73 bits per heavy atom. The molecule has 1 aliphatic heterocycles. The molecule has 0 bridgehead atoms. The number of amides is 2. The molecule has 0 aromatic heterocycles. The van der Waals surface area contributed by atoms with Gasteiger partial charge in [0, 0.05) is 35.8 Å². The first kappa shape index (κ1) is 25.2. The summed E-state index contributed by atoms with van der Waals surface area (Å²) in [6.07, 6.45) is -0.0344. The molecule has 1 saturated heterocycles. The van der Waals surface area contributed by atoms with E-state index in [4.69, 9.17) is 4.74 Å². The second-order valence-electron chi connectivity index (χ2n) is 8.57. The van der Waals surface area contributed by atoms with Crippen molar-refractivity contribution >= 4 is 40.6 Å². The minimum absolute atomic E-state index is 0.0344. The van der Waals surface area contributed by atoms with Crippen LogP contribution in [0.3, 0.4) is 0 Å². The molecule has 3 aromatic rings. The predicted molar refractivity (Wildman–Crippen MR) is 134 cm³/mol. The van der Waals surface area contributed by atoms with Crippen LogP contribution in [0.1, 0.15) is 32.7 Å². The van der Waals surface area contributed by atoms with Crippen LogP contribution in [0.25, 0.3) is 0 Å². The Balaban J connectivity index is 1.33. The van der Waals surface area contributed by atoms with Crippen LogP contribution in [0.5, 0.6) is 0 Å². The molecular formula is C27H23N3O7. The number of Topliss-reactive ketones (excluding diaryl/α,β-unsaturated/α-hetero) is 1. The molecule has 1 atom stereocenters. The number of ether oxygens (including phenoxy) is 1. The number of ketones is 1. The second kappa shape index (κ2) is 10.8. The molecule has 10 nitrogen and oxygen atoms in total. The average Bonchev–Trinajstić information content (AvgIpc) is 3.29. The Kier molecular flexibility index (Phi) is 7.38. The van der Waals surface area contributed by atoms with Crippen molar-refractivity contribution in [3.05, 3.63) is 99.6 Å². The number of rotatable bonds is 8. The van der Waals surface area contributed by atoms with Crippen LogP contribution in [0.4, 0.5) is 17.1 Å². The number of anilines is 2. The van der Waals surface area contributed by atoms with Gasteiger partial charge in [-0.15, -0.1) is 0 Å². The summed E-state index contributed by atoms with van der Waals surface area (Å²) in [6.45, 7) is 1.31. The highest BCUT2D eigenvalue weighted by atomic mass is 16.6. The third-order valence-electron chi connectivity index (χ3n) is 6.02. The van der Waals surface area contributed by atoms with Gasteiger partial charge in [0.05, 0.1) is 22.1 Å². The predicted octanol–water partition coefficient (Wildman–Crippen LogP) is 3.93. The number of carbonyl (C=O) groups is 4. The van der Waals surface area contributed by atoms with E-state index in [1.807, 2.05) is 0 Å². The van der Waals surface area contributed by atoms with Gasteiger partial charge in [-0.3, -0.25) is 24.5 Å². The zero-order valence-corrected chi connectivity index (χ0v) is 19.9. The van der Waals surface area contributed by atoms with Gasteiger partial charge in [0.15, 0.2) is 12.4 Å². The summed E-state index contributed by atoms with van der Waals surface area (Å²) in [5, 5.41) is 14.0. The lowest BCUT2D eigenvalue weighted by atomic mass is 10.1. The fraction of sp³-hybridized carbons (Fsp3) is 0.185. The monoisotopic (exact) mass is 501 g/mol. The van der Waals surface area contributed by atoms with E-state index in [1.54, 1.807) is 49.4 Å². The maximum atomic E-state index is 12.8. The SMILES string of the molecule is Cc1ccc(N2C[C@H](C(=O)Nc3ccc(C(=O)OCC(=O)c4ccccc4)cc3)CC2=O)cc1[N+](=O)[O-]. The van der Waals surface area contributed by atoms with E-state index < -0.39 is 23.4 Å². The Hall–Kier alpha value is -4.86. The first-order valence-electron chi connectivity index (χ1n) is 11.4. The van der Waals surface area contributed by atoms with Crippen LogP contribution in [0, 0.1) is 23.0 Å². The Morgan fingerprint density at radius 3 is 2.41 bits per heavy atom. The Bertz CT molecular complexity index is 1370. The number of hydrogen-bond donors (Lipinski definition) is 1. The normalized spacial score (nSPS) is 14.8. The molecule has 0 saturated carbocycles. The van der Waals surface area contributed by atoms with Crippen molar-refractivity contribution in [3.63, 3.8) is 0 Å². The Morgan fingerprint density at radius 1 is 1.03 bits per heavy atom. The van der Waals surface area contributed by atoms with E-state index in [1.165, 1.54) is 35.2 Å². The van der Waals surface area contributed by atoms with Crippen molar-refractivity contribution in [1.82, 2.24) is 0 Å². The highest BCUT2D eigenvalue weighted by Crippen LogP contribution is 2.30. The van der Waals surface area contributed by atoms with Gasteiger partial charge in [-0.25, -0.2) is 4.79 Å². The number of nitro benzene ring substituents is 1. The lowest BCUT2D eigenvalue weighted by Gasteiger charge is -2.17. The van der Waals surface area contributed by atoms with Gasteiger partial charge in [-0.2, -0.15) is 0 Å². The standard InChI is InChI=1S/C27H23N3O7/c1-17-7-12-22(14-23(17)30(35)36)29-15-20(13-25(29)32)26(33)28-21-10-8-19(9-11-21)27(34)37-16-24(31)18-5-3-2-4-6-18/h2-12,14,20H,13,15-16H2,1H3,(H,28,33)/t20-/m1/s1. The lowest BCUT2D eigenvalue weighted by Crippen LogP contribution is -2.28. The first-order chi connectivity index (χ1) is 17.7. The molecule has 37 heavy (non-hydrogen) atoms. The van der Waals surface area contributed by atoms with Gasteiger partial charge >= 0.3 is 5.97 Å². The van der Waals surface area contributed by atoms with Crippen molar-refractivity contribution < 1.29 is 28.8 Å². The summed E-state index contributed by atoms with van der Waals surface area (Å²) in [4.78, 5) is 61.8. The van der Waals surface area contributed by atoms with Crippen molar-refractivity contribution in [3.8, 4) is 0 Å². The maximum Gasteiger partial charge on any atom is 0.338 e. The fourth-order valence-corrected chi connectivity index (χ4v) is 3.95. The molecule has 1 fully saturated rings. The van der Waals surface area contributed by atoms with Crippen molar-refractivity contribution in [2.75, 3.05) is 23.4 Å². The van der Waals surface area contributed by atoms with E-state index >= 15 is 0 Å². The van der Waals surface area contributed by atoms with Gasteiger partial charge in [-0.1, -0.05) is 36.4 Å². The topological polar surface area (TPSA) is 136 Å². The summed E-state index contributed by atoms with van der Waals surface area (Å²) in [5.41, 5.74) is 1.82. The number of nitro groups is 1. The van der Waals surface area contributed by atoms with E-state index in [0.29, 0.717) is 22.5 Å². The molecule has 1 aliphatic rings. The molecule has 0 aliphatic carbocycles. The number of esters is 1. The summed E-state index contributed by atoms with van der Waals surface area (Å²) in [6, 6.07) is 19.0. The highest BCUT2D eigenvalue weighted by molar-refractivity contribution is 6.04. The van der Waals surface area contributed by atoms with E-state index in [9.17, 15) is 29.3 Å². The molecule has 10 heteroatoms.